The average Bonchev–Trinajstić information content (AvgIpc) is 3.33. The fourth-order valence-corrected chi connectivity index (χ4v) is 4.31. The molecule has 0 aliphatic carbocycles. The second-order valence-electron chi connectivity index (χ2n) is 7.41. The molecule has 2 heterocycles. The van der Waals surface area contributed by atoms with Crippen LogP contribution in [0.25, 0.3) is 11.0 Å². The van der Waals surface area contributed by atoms with Gasteiger partial charge in [-0.25, -0.2) is 4.98 Å². The van der Waals surface area contributed by atoms with Crippen molar-refractivity contribution in [3.05, 3.63) is 63.9 Å². The normalized spacial score (nSPS) is 14.6. The van der Waals surface area contributed by atoms with Crippen LogP contribution in [0.5, 0.6) is 0 Å². The molecule has 1 aromatic heterocycles. The quantitative estimate of drug-likeness (QED) is 0.612. The molecule has 1 aliphatic heterocycles. The number of para-hydroxylation sites is 2. The molecule has 0 saturated carbocycles. The van der Waals surface area contributed by atoms with Gasteiger partial charge in [0.1, 0.15) is 12.4 Å². The van der Waals surface area contributed by atoms with E-state index in [-0.39, 0.29) is 12.5 Å². The molecule has 152 valence electrons. The Labute approximate surface area is 180 Å². The summed E-state index contributed by atoms with van der Waals surface area (Å²) >= 11 is 12.4. The Kier molecular flexibility index (Phi) is 6.38. The predicted octanol–water partition coefficient (Wildman–Crippen LogP) is 4.15. The van der Waals surface area contributed by atoms with Crippen LogP contribution in [0.15, 0.2) is 42.5 Å². The molecule has 0 atom stereocenters. The summed E-state index contributed by atoms with van der Waals surface area (Å²) in [4.78, 5) is 19.8. The SMILES string of the molecule is O=C(Cn1c(Cc2ccc(Cl)cc2Cl)nc2ccccc21)NCCN1CCCC1. The summed E-state index contributed by atoms with van der Waals surface area (Å²) in [5.74, 6) is 0.806. The molecule has 1 saturated heterocycles. The van der Waals surface area contributed by atoms with Gasteiger partial charge in [-0.3, -0.25) is 4.79 Å². The lowest BCUT2D eigenvalue weighted by molar-refractivity contribution is -0.121. The number of hydrogen-bond acceptors (Lipinski definition) is 3. The molecule has 2 aromatic carbocycles. The van der Waals surface area contributed by atoms with Crippen LogP contribution in [-0.2, 0) is 17.8 Å². The zero-order valence-corrected chi connectivity index (χ0v) is 17.7. The number of benzene rings is 2. The molecule has 7 heteroatoms. The van der Waals surface area contributed by atoms with Crippen molar-refractivity contribution in [1.82, 2.24) is 19.8 Å². The van der Waals surface area contributed by atoms with Crippen LogP contribution in [-0.4, -0.2) is 46.5 Å². The first-order valence-electron chi connectivity index (χ1n) is 9.97. The number of hydrogen-bond donors (Lipinski definition) is 1. The van der Waals surface area contributed by atoms with Gasteiger partial charge in [-0.05, 0) is 55.8 Å². The molecule has 0 radical (unpaired) electrons. The highest BCUT2D eigenvalue weighted by atomic mass is 35.5. The van der Waals surface area contributed by atoms with Crippen LogP contribution < -0.4 is 5.32 Å². The van der Waals surface area contributed by atoms with Crippen LogP contribution in [0.2, 0.25) is 10.0 Å². The number of imidazole rings is 1. The number of carbonyl (C=O) groups excluding carboxylic acids is 1. The Hall–Kier alpha value is -2.08. The fraction of sp³-hybridized carbons (Fsp3) is 0.364. The van der Waals surface area contributed by atoms with Crippen molar-refractivity contribution in [3.63, 3.8) is 0 Å². The molecule has 1 aliphatic rings. The molecule has 1 fully saturated rings. The summed E-state index contributed by atoms with van der Waals surface area (Å²) in [6.45, 7) is 4.08. The predicted molar refractivity (Wildman–Crippen MR) is 118 cm³/mol. The van der Waals surface area contributed by atoms with E-state index in [0.717, 1.165) is 42.1 Å². The lowest BCUT2D eigenvalue weighted by Gasteiger charge is -2.15. The highest BCUT2D eigenvalue weighted by Crippen LogP contribution is 2.25. The maximum absolute atomic E-state index is 12.6. The Morgan fingerprint density at radius 3 is 2.69 bits per heavy atom. The Morgan fingerprint density at radius 2 is 1.90 bits per heavy atom. The third kappa shape index (κ3) is 4.92. The zero-order valence-electron chi connectivity index (χ0n) is 16.2. The largest absolute Gasteiger partial charge is 0.353 e. The number of nitrogens with one attached hydrogen (secondary N) is 1. The van der Waals surface area contributed by atoms with Crippen LogP contribution in [0.1, 0.15) is 24.2 Å². The van der Waals surface area contributed by atoms with Gasteiger partial charge in [0.25, 0.3) is 0 Å². The molecule has 1 amide bonds. The van der Waals surface area contributed by atoms with Crippen molar-refractivity contribution in [1.29, 1.82) is 0 Å². The number of rotatable bonds is 7. The highest BCUT2D eigenvalue weighted by Gasteiger charge is 2.16. The minimum atomic E-state index is -0.00389. The number of nitrogens with zero attached hydrogens (tertiary/aromatic N) is 3. The van der Waals surface area contributed by atoms with E-state index in [1.807, 2.05) is 41.0 Å². The first kappa shape index (κ1) is 20.2. The van der Waals surface area contributed by atoms with Crippen molar-refractivity contribution in [2.45, 2.75) is 25.8 Å². The highest BCUT2D eigenvalue weighted by molar-refractivity contribution is 6.35. The summed E-state index contributed by atoms with van der Waals surface area (Å²) in [6, 6.07) is 13.3. The lowest BCUT2D eigenvalue weighted by Crippen LogP contribution is -2.35. The van der Waals surface area contributed by atoms with Gasteiger partial charge in [0.2, 0.25) is 5.91 Å². The van der Waals surface area contributed by atoms with Crippen molar-refractivity contribution < 1.29 is 4.79 Å². The van der Waals surface area contributed by atoms with Crippen molar-refractivity contribution in [3.8, 4) is 0 Å². The van der Waals surface area contributed by atoms with Crippen LogP contribution in [0.3, 0.4) is 0 Å². The van der Waals surface area contributed by atoms with Crippen LogP contribution >= 0.6 is 23.2 Å². The van der Waals surface area contributed by atoms with Crippen LogP contribution in [0.4, 0.5) is 0 Å². The Balaban J connectivity index is 1.50. The van der Waals surface area contributed by atoms with Gasteiger partial charge >= 0.3 is 0 Å². The van der Waals surface area contributed by atoms with E-state index in [9.17, 15) is 4.79 Å². The smallest absolute Gasteiger partial charge is 0.240 e. The lowest BCUT2D eigenvalue weighted by atomic mass is 10.1. The van der Waals surface area contributed by atoms with Crippen molar-refractivity contribution >= 4 is 40.1 Å². The molecule has 3 aromatic rings. The number of likely N-dealkylation sites (tertiary alicyclic amines) is 1. The summed E-state index contributed by atoms with van der Waals surface area (Å²) in [7, 11) is 0. The van der Waals surface area contributed by atoms with E-state index in [2.05, 4.69) is 10.2 Å². The molecule has 0 bridgehead atoms. The molecular formula is C22H24Cl2N4O. The van der Waals surface area contributed by atoms with Gasteiger partial charge in [-0.2, -0.15) is 0 Å². The minimum absolute atomic E-state index is 0.00389. The first-order chi connectivity index (χ1) is 14.1. The van der Waals surface area contributed by atoms with E-state index in [0.29, 0.717) is 23.0 Å². The third-order valence-corrected chi connectivity index (χ3v) is 5.93. The van der Waals surface area contributed by atoms with Gasteiger partial charge < -0.3 is 14.8 Å². The van der Waals surface area contributed by atoms with E-state index in [1.54, 1.807) is 6.07 Å². The van der Waals surface area contributed by atoms with Crippen molar-refractivity contribution in [2.75, 3.05) is 26.2 Å². The van der Waals surface area contributed by atoms with Crippen LogP contribution in [0, 0.1) is 0 Å². The van der Waals surface area contributed by atoms with E-state index in [1.165, 1.54) is 12.8 Å². The minimum Gasteiger partial charge on any atom is -0.353 e. The fourth-order valence-electron chi connectivity index (χ4n) is 3.83. The Morgan fingerprint density at radius 1 is 1.10 bits per heavy atom. The molecule has 29 heavy (non-hydrogen) atoms. The number of halogens is 2. The monoisotopic (exact) mass is 430 g/mol. The summed E-state index contributed by atoms with van der Waals surface area (Å²) < 4.78 is 1.98. The van der Waals surface area contributed by atoms with Crippen molar-refractivity contribution in [2.24, 2.45) is 0 Å². The van der Waals surface area contributed by atoms with Gasteiger partial charge in [-0.15, -0.1) is 0 Å². The number of aromatic nitrogens is 2. The molecule has 1 N–H and O–H groups in total. The molecule has 4 rings (SSSR count). The third-order valence-electron chi connectivity index (χ3n) is 5.35. The first-order valence-corrected chi connectivity index (χ1v) is 10.7. The van der Waals surface area contributed by atoms with E-state index >= 15 is 0 Å². The number of amides is 1. The van der Waals surface area contributed by atoms with Gasteiger partial charge in [0, 0.05) is 29.6 Å². The van der Waals surface area contributed by atoms with Gasteiger partial charge in [0.05, 0.1) is 11.0 Å². The zero-order chi connectivity index (χ0) is 20.2. The number of fused-ring (bicyclic) bond motifs is 1. The molecule has 5 nitrogen and oxygen atoms in total. The van der Waals surface area contributed by atoms with Gasteiger partial charge in [-0.1, -0.05) is 41.4 Å². The van der Waals surface area contributed by atoms with E-state index < -0.39 is 0 Å². The maximum Gasteiger partial charge on any atom is 0.240 e. The van der Waals surface area contributed by atoms with Gasteiger partial charge in [0.15, 0.2) is 0 Å². The summed E-state index contributed by atoms with van der Waals surface area (Å²) in [5.41, 5.74) is 2.75. The standard InChI is InChI=1S/C22H24Cl2N4O/c23-17-8-7-16(18(24)14-17)13-21-26-19-5-1-2-6-20(19)28(21)15-22(29)25-9-12-27-10-3-4-11-27/h1-2,5-8,14H,3-4,9-13,15H2,(H,25,29). The maximum atomic E-state index is 12.6. The second-order valence-corrected chi connectivity index (χ2v) is 8.26. The number of carbonyl (C=O) groups is 1. The molecule has 0 spiro atoms. The summed E-state index contributed by atoms with van der Waals surface area (Å²) in [6.07, 6.45) is 3.04. The topological polar surface area (TPSA) is 50.2 Å². The Bertz CT molecular complexity index is 1010. The molecular weight excluding hydrogens is 407 g/mol. The second kappa shape index (κ2) is 9.16. The summed E-state index contributed by atoms with van der Waals surface area (Å²) in [5, 5.41) is 4.25. The van der Waals surface area contributed by atoms with E-state index in [4.69, 9.17) is 28.2 Å². The average molecular weight is 431 g/mol. The molecule has 0 unspecified atom stereocenters.